The molecular weight excluding hydrogens is 622 g/mol. The van der Waals surface area contributed by atoms with E-state index in [-0.39, 0.29) is 16.7 Å². The van der Waals surface area contributed by atoms with Crippen LogP contribution < -0.4 is 21.7 Å². The first kappa shape index (κ1) is 33.6. The number of hydrogen-bond acceptors (Lipinski definition) is 8. The van der Waals surface area contributed by atoms with Crippen molar-refractivity contribution in [3.05, 3.63) is 107 Å². The van der Waals surface area contributed by atoms with Crippen LogP contribution in [-0.4, -0.2) is 39.8 Å². The van der Waals surface area contributed by atoms with E-state index in [1.54, 1.807) is 72.8 Å². The smallest absolute Gasteiger partial charge is 0.337 e. The van der Waals surface area contributed by atoms with Crippen LogP contribution in [-0.2, 0) is 20.0 Å². The zero-order chi connectivity index (χ0) is 33.5. The minimum absolute atomic E-state index is 0.194. The Hall–Kier alpha value is -5.91. The third-order valence-electron chi connectivity index (χ3n) is 5.97. The number of nitrogens with two attached hydrogens (primary N) is 4. The van der Waals surface area contributed by atoms with E-state index in [9.17, 15) is 31.7 Å². The Labute approximate surface area is 257 Å². The number of nitrogens with zero attached hydrogens (tertiary/aromatic N) is 3. The Bertz CT molecular complexity index is 2140. The molecule has 0 aliphatic carbocycles. The molecule has 0 radical (unpaired) electrons. The lowest BCUT2D eigenvalue weighted by Crippen LogP contribution is -2.24. The van der Waals surface area contributed by atoms with Crippen LogP contribution in [0.3, 0.4) is 0 Å². The van der Waals surface area contributed by atoms with E-state index in [2.05, 4.69) is 4.99 Å². The number of amides is 1. The molecule has 9 N–H and O–H groups in total. The molecule has 4 aromatic carbocycles. The quantitative estimate of drug-likeness (QED) is 0.149. The second-order valence-corrected chi connectivity index (χ2v) is 11.9. The highest BCUT2D eigenvalue weighted by Gasteiger charge is 2.27. The molecule has 0 spiro atoms. The Morgan fingerprint density at radius 3 is 1.36 bits per heavy atom. The molecule has 0 saturated carbocycles. The third kappa shape index (κ3) is 7.73. The Balaban J connectivity index is 0.000000248. The predicted octanol–water partition coefficient (Wildman–Crippen LogP) is 1.86. The second kappa shape index (κ2) is 13.6. The Morgan fingerprint density at radius 1 is 0.644 bits per heavy atom. The molecule has 0 atom stereocenters. The van der Waals surface area contributed by atoms with Gasteiger partial charge in [0.25, 0.3) is 5.91 Å². The van der Waals surface area contributed by atoms with E-state index in [0.29, 0.717) is 11.1 Å². The van der Waals surface area contributed by atoms with Crippen LogP contribution in [0.5, 0.6) is 0 Å². The Morgan fingerprint density at radius 2 is 1.02 bits per heavy atom. The number of carbonyl (C=O) groups is 2. The minimum atomic E-state index is -4.29. The van der Waals surface area contributed by atoms with Gasteiger partial charge in [0.15, 0.2) is 5.96 Å². The van der Waals surface area contributed by atoms with Gasteiger partial charge in [-0.1, -0.05) is 72.8 Å². The van der Waals surface area contributed by atoms with Gasteiger partial charge in [-0.2, -0.15) is 15.5 Å². The van der Waals surface area contributed by atoms with Crippen LogP contribution in [0.15, 0.2) is 99.7 Å². The molecule has 4 aromatic rings. The SMILES string of the molecule is N#Cc1c(C(=O)N=C(N)N)ccc(-c2ccccc2)c1S(N)(=O)=O.N#Cc1c(C(=O)O)ccc(-c2ccccc2)c1S(N)(=O)=O. The van der Waals surface area contributed by atoms with Crippen LogP contribution in [0.1, 0.15) is 31.8 Å². The molecule has 16 heteroatoms. The zero-order valence-corrected chi connectivity index (χ0v) is 24.6. The van der Waals surface area contributed by atoms with E-state index >= 15 is 0 Å². The summed E-state index contributed by atoms with van der Waals surface area (Å²) in [6.07, 6.45) is 0. The molecule has 0 unspecified atom stereocenters. The number of benzene rings is 4. The average Bonchev–Trinajstić information content (AvgIpc) is 2.99. The summed E-state index contributed by atoms with van der Waals surface area (Å²) in [6, 6.07) is 25.4. The number of carbonyl (C=O) groups excluding carboxylic acids is 1. The van der Waals surface area contributed by atoms with E-state index < -0.39 is 64.4 Å². The fourth-order valence-electron chi connectivity index (χ4n) is 4.20. The highest BCUT2D eigenvalue weighted by atomic mass is 32.2. The Kier molecular flexibility index (Phi) is 10.1. The molecular formula is C29H23N7O7S2. The molecule has 0 fully saturated rings. The minimum Gasteiger partial charge on any atom is -0.478 e. The fraction of sp³-hybridized carbons (Fsp3) is 0. The van der Waals surface area contributed by atoms with Gasteiger partial charge in [0, 0.05) is 11.1 Å². The maximum absolute atomic E-state index is 12.0. The summed E-state index contributed by atoms with van der Waals surface area (Å²) in [6.45, 7) is 0. The first-order chi connectivity index (χ1) is 21.1. The van der Waals surface area contributed by atoms with Crippen LogP contribution in [0.25, 0.3) is 22.3 Å². The molecule has 4 rings (SSSR count). The average molecular weight is 646 g/mol. The van der Waals surface area contributed by atoms with Crippen LogP contribution in [0.4, 0.5) is 0 Å². The predicted molar refractivity (Wildman–Crippen MR) is 163 cm³/mol. The number of rotatable bonds is 6. The molecule has 45 heavy (non-hydrogen) atoms. The van der Waals surface area contributed by atoms with E-state index in [1.807, 2.05) is 0 Å². The number of hydrogen-bond donors (Lipinski definition) is 5. The normalized spacial score (nSPS) is 10.8. The lowest BCUT2D eigenvalue weighted by Gasteiger charge is -2.12. The molecule has 0 aromatic heterocycles. The third-order valence-corrected chi connectivity index (χ3v) is 7.96. The van der Waals surface area contributed by atoms with Crippen LogP contribution >= 0.6 is 0 Å². The van der Waals surface area contributed by atoms with Crippen LogP contribution in [0.2, 0.25) is 0 Å². The zero-order valence-electron chi connectivity index (χ0n) is 22.9. The fourth-order valence-corrected chi connectivity index (χ4v) is 6.07. The first-order valence-electron chi connectivity index (χ1n) is 12.3. The van der Waals surface area contributed by atoms with Gasteiger partial charge < -0.3 is 16.6 Å². The molecule has 0 aliphatic rings. The molecule has 14 nitrogen and oxygen atoms in total. The van der Waals surface area contributed by atoms with Crippen molar-refractivity contribution in [3.63, 3.8) is 0 Å². The summed E-state index contributed by atoms with van der Waals surface area (Å²) in [5.41, 5.74) is 10.2. The molecule has 0 aliphatic heterocycles. The van der Waals surface area contributed by atoms with Crippen molar-refractivity contribution in [1.82, 2.24) is 0 Å². The van der Waals surface area contributed by atoms with Crippen molar-refractivity contribution < 1.29 is 31.5 Å². The van der Waals surface area contributed by atoms with Crippen molar-refractivity contribution >= 4 is 37.9 Å². The monoisotopic (exact) mass is 645 g/mol. The molecule has 0 bridgehead atoms. The number of sulfonamides is 2. The van der Waals surface area contributed by atoms with E-state index in [1.165, 1.54) is 24.3 Å². The van der Waals surface area contributed by atoms with Crippen molar-refractivity contribution in [3.8, 4) is 34.4 Å². The molecule has 0 heterocycles. The molecule has 228 valence electrons. The van der Waals surface area contributed by atoms with Gasteiger partial charge in [-0.3, -0.25) is 4.79 Å². The van der Waals surface area contributed by atoms with Gasteiger partial charge in [-0.25, -0.2) is 31.9 Å². The van der Waals surface area contributed by atoms with Gasteiger partial charge >= 0.3 is 5.97 Å². The second-order valence-electron chi connectivity index (χ2n) is 8.92. The van der Waals surface area contributed by atoms with Gasteiger partial charge in [-0.15, -0.1) is 0 Å². The summed E-state index contributed by atoms with van der Waals surface area (Å²) in [5, 5.41) is 38.0. The van der Waals surface area contributed by atoms with E-state index in [4.69, 9.17) is 32.1 Å². The number of aliphatic imine (C=N–C) groups is 1. The molecule has 0 saturated heterocycles. The van der Waals surface area contributed by atoms with Crippen molar-refractivity contribution in [2.75, 3.05) is 0 Å². The summed E-state index contributed by atoms with van der Waals surface area (Å²) < 4.78 is 47.7. The maximum Gasteiger partial charge on any atom is 0.337 e. The van der Waals surface area contributed by atoms with Crippen molar-refractivity contribution in [2.24, 2.45) is 26.7 Å². The van der Waals surface area contributed by atoms with E-state index in [0.717, 1.165) is 0 Å². The summed E-state index contributed by atoms with van der Waals surface area (Å²) in [4.78, 5) is 25.5. The summed E-state index contributed by atoms with van der Waals surface area (Å²) in [5.74, 6) is -2.83. The maximum atomic E-state index is 12.0. The number of carboxylic acids is 1. The number of carboxylic acid groups (broad SMARTS) is 1. The van der Waals surface area contributed by atoms with Gasteiger partial charge in [0.05, 0.1) is 22.3 Å². The number of primary sulfonamides is 2. The number of nitriles is 2. The van der Waals surface area contributed by atoms with Crippen molar-refractivity contribution in [2.45, 2.75) is 9.79 Å². The van der Waals surface area contributed by atoms with Gasteiger partial charge in [0.1, 0.15) is 21.9 Å². The molecule has 1 amide bonds. The van der Waals surface area contributed by atoms with Gasteiger partial charge in [0.2, 0.25) is 20.0 Å². The highest BCUT2D eigenvalue weighted by Crippen LogP contribution is 2.32. The summed E-state index contributed by atoms with van der Waals surface area (Å²) in [7, 11) is -8.56. The topological polar surface area (TPSA) is 287 Å². The largest absolute Gasteiger partial charge is 0.478 e. The van der Waals surface area contributed by atoms with Gasteiger partial charge in [-0.05, 0) is 23.3 Å². The van der Waals surface area contributed by atoms with Crippen molar-refractivity contribution in [1.29, 1.82) is 10.5 Å². The number of aromatic carboxylic acids is 1. The number of guanidine groups is 1. The first-order valence-corrected chi connectivity index (χ1v) is 15.4. The highest BCUT2D eigenvalue weighted by molar-refractivity contribution is 7.89. The lowest BCUT2D eigenvalue weighted by molar-refractivity contribution is 0.0696. The standard InChI is InChI=1S/C15H13N5O3S.C14H10N2O4S/c16-8-12-11(14(21)20-15(17)18)7-6-10(13(12)24(19,22)23)9-4-2-1-3-5-9;15-8-12-11(14(17)18)7-6-10(13(12)21(16,19)20)9-4-2-1-3-5-9/h1-7H,(H2,19,22,23)(H4,17,18,20,21);1-7H,(H,17,18)(H2,16,19,20). The lowest BCUT2D eigenvalue weighted by atomic mass is 9.99. The summed E-state index contributed by atoms with van der Waals surface area (Å²) >= 11 is 0. The van der Waals surface area contributed by atoms with Crippen LogP contribution in [0, 0.1) is 22.7 Å².